The Hall–Kier alpha value is -2.18. The number of H-pyrrole nitrogens is 1. The summed E-state index contributed by atoms with van der Waals surface area (Å²) in [7, 11) is 0. The van der Waals surface area contributed by atoms with E-state index in [0.29, 0.717) is 6.42 Å². The lowest BCUT2D eigenvalue weighted by Crippen LogP contribution is -2.36. The number of halogens is 1. The highest BCUT2D eigenvalue weighted by Gasteiger charge is 2.30. The minimum atomic E-state index is 0.151. The monoisotopic (exact) mass is 411 g/mol. The lowest BCUT2D eigenvalue weighted by atomic mass is 9.89. The average Bonchev–Trinajstić information content (AvgIpc) is 3.28. The zero-order chi connectivity index (χ0) is 17.7. The van der Waals surface area contributed by atoms with Gasteiger partial charge in [-0.1, -0.05) is 22.0 Å². The zero-order valence-corrected chi connectivity index (χ0v) is 15.8. The third kappa shape index (κ3) is 2.56. The predicted octanol–water partition coefficient (Wildman–Crippen LogP) is 3.60. The number of ether oxygens (including phenoxy) is 1. The van der Waals surface area contributed by atoms with Gasteiger partial charge in [-0.05, 0) is 35.3 Å². The molecule has 26 heavy (non-hydrogen) atoms. The minimum Gasteiger partial charge on any atom is -0.378 e. The van der Waals surface area contributed by atoms with Gasteiger partial charge in [0.25, 0.3) is 0 Å². The van der Waals surface area contributed by atoms with Gasteiger partial charge in [0.05, 0.1) is 24.9 Å². The van der Waals surface area contributed by atoms with Crippen LogP contribution in [0.5, 0.6) is 0 Å². The molecule has 2 aliphatic carbocycles. The molecule has 0 unspecified atom stereocenters. The molecular formula is C20H18BrN3O2. The smallest absolute Gasteiger partial charge is 0.184 e. The molecule has 5 nitrogen and oxygen atoms in total. The number of rotatable bonds is 2. The molecule has 0 bridgehead atoms. The first-order valence-corrected chi connectivity index (χ1v) is 9.63. The molecule has 2 heterocycles. The zero-order valence-electron chi connectivity index (χ0n) is 14.2. The Morgan fingerprint density at radius 2 is 2.04 bits per heavy atom. The van der Waals surface area contributed by atoms with Gasteiger partial charge < -0.3 is 9.64 Å². The lowest BCUT2D eigenvalue weighted by molar-refractivity contribution is -0.111. The summed E-state index contributed by atoms with van der Waals surface area (Å²) in [5.74, 6) is 0.151. The van der Waals surface area contributed by atoms with E-state index >= 15 is 0 Å². The SMILES string of the molecule is O=C1C=C(N2CCOCC2)CC2=C1CC=C2c1cc2[nH]ncc2cc1Br. The van der Waals surface area contributed by atoms with Gasteiger partial charge in [0, 0.05) is 46.7 Å². The van der Waals surface area contributed by atoms with Crippen molar-refractivity contribution in [2.75, 3.05) is 26.3 Å². The molecule has 2 aromatic rings. The number of ketones is 1. The number of benzene rings is 1. The fraction of sp³-hybridized carbons (Fsp3) is 0.300. The molecule has 1 saturated heterocycles. The first kappa shape index (κ1) is 16.0. The third-order valence-corrected chi connectivity index (χ3v) is 6.04. The van der Waals surface area contributed by atoms with Crippen LogP contribution in [0.4, 0.5) is 0 Å². The van der Waals surface area contributed by atoms with E-state index in [2.05, 4.69) is 49.2 Å². The van der Waals surface area contributed by atoms with Gasteiger partial charge in [0.2, 0.25) is 0 Å². The number of nitrogens with one attached hydrogen (secondary N) is 1. The topological polar surface area (TPSA) is 58.2 Å². The molecule has 1 aliphatic heterocycles. The van der Waals surface area contributed by atoms with Crippen LogP contribution in [0, 0.1) is 0 Å². The Labute approximate surface area is 159 Å². The van der Waals surface area contributed by atoms with E-state index in [1.54, 1.807) is 0 Å². The highest BCUT2D eigenvalue weighted by molar-refractivity contribution is 9.10. The molecule has 0 radical (unpaired) electrons. The molecule has 6 heteroatoms. The maximum absolute atomic E-state index is 12.7. The second-order valence-corrected chi connectivity index (χ2v) is 7.70. The van der Waals surface area contributed by atoms with Gasteiger partial charge in [-0.2, -0.15) is 5.10 Å². The molecular weight excluding hydrogens is 394 g/mol. The molecule has 132 valence electrons. The quantitative estimate of drug-likeness (QED) is 0.819. The molecule has 0 amide bonds. The molecule has 1 aromatic heterocycles. The summed E-state index contributed by atoms with van der Waals surface area (Å²) < 4.78 is 6.48. The van der Waals surface area contributed by atoms with Crippen LogP contribution in [0.25, 0.3) is 16.5 Å². The molecule has 3 aliphatic rings. The predicted molar refractivity (Wildman–Crippen MR) is 104 cm³/mol. The van der Waals surface area contributed by atoms with E-state index < -0.39 is 0 Å². The van der Waals surface area contributed by atoms with Crippen LogP contribution in [0.3, 0.4) is 0 Å². The number of fused-ring (bicyclic) bond motifs is 1. The van der Waals surface area contributed by atoms with E-state index in [4.69, 9.17) is 4.74 Å². The Bertz CT molecular complexity index is 1010. The summed E-state index contributed by atoms with van der Waals surface area (Å²) in [6.07, 6.45) is 7.35. The van der Waals surface area contributed by atoms with Crippen molar-refractivity contribution in [2.24, 2.45) is 0 Å². The molecule has 0 saturated carbocycles. The van der Waals surface area contributed by atoms with E-state index in [-0.39, 0.29) is 5.78 Å². The fourth-order valence-electron chi connectivity index (χ4n) is 4.03. The molecule has 1 N–H and O–H groups in total. The van der Waals surface area contributed by atoms with Gasteiger partial charge in [0.15, 0.2) is 5.78 Å². The molecule has 0 spiro atoms. The third-order valence-electron chi connectivity index (χ3n) is 5.39. The number of hydrogen-bond acceptors (Lipinski definition) is 4. The first-order valence-electron chi connectivity index (χ1n) is 8.84. The summed E-state index contributed by atoms with van der Waals surface area (Å²) in [6.45, 7) is 3.15. The van der Waals surface area contributed by atoms with Gasteiger partial charge in [0.1, 0.15) is 0 Å². The summed E-state index contributed by atoms with van der Waals surface area (Å²) >= 11 is 3.70. The Morgan fingerprint density at radius 1 is 1.19 bits per heavy atom. The standard InChI is InChI=1S/C20H18BrN3O2/c21-18-7-12-11-22-23-19(12)10-17(18)14-1-2-15-16(14)8-13(9-20(15)25)24-3-5-26-6-4-24/h1,7,9-11H,2-6,8H2,(H,22,23). The van der Waals surface area contributed by atoms with Crippen molar-refractivity contribution in [1.29, 1.82) is 0 Å². The van der Waals surface area contributed by atoms with E-state index in [1.807, 2.05) is 12.3 Å². The fourth-order valence-corrected chi connectivity index (χ4v) is 4.61. The summed E-state index contributed by atoms with van der Waals surface area (Å²) in [4.78, 5) is 15.0. The van der Waals surface area contributed by atoms with Gasteiger partial charge in [-0.3, -0.25) is 9.89 Å². The number of allylic oxidation sites excluding steroid dienone is 5. The Balaban J connectivity index is 1.51. The van der Waals surface area contributed by atoms with Gasteiger partial charge in [-0.15, -0.1) is 0 Å². The van der Waals surface area contributed by atoms with Crippen LogP contribution in [0.1, 0.15) is 18.4 Å². The van der Waals surface area contributed by atoms with Gasteiger partial charge >= 0.3 is 0 Å². The molecule has 1 aromatic carbocycles. The first-order chi connectivity index (χ1) is 12.7. The Morgan fingerprint density at radius 3 is 2.88 bits per heavy atom. The second-order valence-electron chi connectivity index (χ2n) is 6.84. The lowest BCUT2D eigenvalue weighted by Gasteiger charge is -2.33. The largest absolute Gasteiger partial charge is 0.378 e. The Kier molecular flexibility index (Phi) is 3.83. The summed E-state index contributed by atoms with van der Waals surface area (Å²) in [6, 6.07) is 4.20. The van der Waals surface area contributed by atoms with E-state index in [1.165, 1.54) is 5.57 Å². The summed E-state index contributed by atoms with van der Waals surface area (Å²) in [5, 5.41) is 8.23. The van der Waals surface area contributed by atoms with Crippen molar-refractivity contribution in [2.45, 2.75) is 12.8 Å². The highest BCUT2D eigenvalue weighted by atomic mass is 79.9. The van der Waals surface area contributed by atoms with Crippen molar-refractivity contribution < 1.29 is 9.53 Å². The van der Waals surface area contributed by atoms with Crippen LogP contribution in [-0.4, -0.2) is 47.2 Å². The number of carbonyl (C=O) groups excluding carboxylic acids is 1. The van der Waals surface area contributed by atoms with E-state index in [9.17, 15) is 4.79 Å². The van der Waals surface area contributed by atoms with Crippen molar-refractivity contribution in [3.63, 3.8) is 0 Å². The summed E-state index contributed by atoms with van der Waals surface area (Å²) in [5.41, 5.74) is 6.50. The number of aromatic nitrogens is 2. The highest BCUT2D eigenvalue weighted by Crippen LogP contribution is 2.43. The number of nitrogens with zero attached hydrogens (tertiary/aromatic N) is 2. The number of morpholine rings is 1. The average molecular weight is 412 g/mol. The molecule has 1 fully saturated rings. The number of aromatic amines is 1. The van der Waals surface area contributed by atoms with Crippen LogP contribution < -0.4 is 0 Å². The van der Waals surface area contributed by atoms with Crippen LogP contribution in [-0.2, 0) is 9.53 Å². The van der Waals surface area contributed by atoms with Crippen molar-refractivity contribution in [3.05, 3.63) is 57.4 Å². The van der Waals surface area contributed by atoms with Crippen molar-refractivity contribution in [1.82, 2.24) is 15.1 Å². The molecule has 0 atom stereocenters. The van der Waals surface area contributed by atoms with Gasteiger partial charge in [-0.25, -0.2) is 0 Å². The maximum Gasteiger partial charge on any atom is 0.184 e. The van der Waals surface area contributed by atoms with Crippen molar-refractivity contribution >= 4 is 38.2 Å². The minimum absolute atomic E-state index is 0.151. The van der Waals surface area contributed by atoms with Crippen molar-refractivity contribution in [3.8, 4) is 0 Å². The van der Waals surface area contributed by atoms with Crippen LogP contribution in [0.15, 0.2) is 51.8 Å². The van der Waals surface area contributed by atoms with E-state index in [0.717, 1.165) is 70.5 Å². The molecule has 5 rings (SSSR count). The number of hydrogen-bond donors (Lipinski definition) is 1. The second kappa shape index (κ2) is 6.21. The normalized spacial score (nSPS) is 20.5. The van der Waals surface area contributed by atoms with Crippen LogP contribution in [0.2, 0.25) is 0 Å². The van der Waals surface area contributed by atoms with Crippen LogP contribution >= 0.6 is 15.9 Å². The number of carbonyl (C=O) groups is 1. The maximum atomic E-state index is 12.7.